The Balaban J connectivity index is 1.50. The highest BCUT2D eigenvalue weighted by Crippen LogP contribution is 2.59. The monoisotopic (exact) mass is 604 g/mol. The average Bonchev–Trinajstić information content (AvgIpc) is 3.19. The van der Waals surface area contributed by atoms with Crippen molar-refractivity contribution in [2.45, 2.75) is 60.5 Å². The van der Waals surface area contributed by atoms with Gasteiger partial charge in [-0.2, -0.15) is 0 Å². The van der Waals surface area contributed by atoms with Gasteiger partial charge in [-0.05, 0) is 31.9 Å². The van der Waals surface area contributed by atoms with Crippen LogP contribution in [0.4, 0.5) is 4.79 Å². The summed E-state index contributed by atoms with van der Waals surface area (Å²) in [6.07, 6.45) is -0.877. The van der Waals surface area contributed by atoms with E-state index in [1.165, 1.54) is 16.7 Å². The number of esters is 2. The maximum absolute atomic E-state index is 13.6. The molecule has 2 fully saturated rings. The number of nitrogens with one attached hydrogen (secondary N) is 1. The van der Waals surface area contributed by atoms with Gasteiger partial charge in [0.1, 0.15) is 24.6 Å². The van der Waals surface area contributed by atoms with Gasteiger partial charge in [0.15, 0.2) is 10.4 Å². The number of rotatable bonds is 9. The Labute approximate surface area is 233 Å². The number of ether oxygens (including phenoxy) is 3. The zero-order valence-electron chi connectivity index (χ0n) is 21.2. The van der Waals surface area contributed by atoms with Crippen LogP contribution in [0.15, 0.2) is 60.7 Å². The molecule has 9 nitrogen and oxygen atoms in total. The number of hydrogen-bond acceptors (Lipinski definition) is 8. The fourth-order valence-corrected chi connectivity index (χ4v) is 7.20. The number of thioether (sulfide) groups is 1. The van der Waals surface area contributed by atoms with E-state index in [9.17, 15) is 19.2 Å². The maximum Gasteiger partial charge on any atom is 0.408 e. The number of carbonyl (C=O) groups is 4. The first-order chi connectivity index (χ1) is 18.1. The van der Waals surface area contributed by atoms with Crippen molar-refractivity contribution in [1.29, 1.82) is 0 Å². The second-order valence-corrected chi connectivity index (χ2v) is 12.5. The Morgan fingerprint density at radius 3 is 2.08 bits per heavy atom. The molecule has 2 saturated heterocycles. The second kappa shape index (κ2) is 11.4. The van der Waals surface area contributed by atoms with Gasteiger partial charge in [-0.3, -0.25) is 4.79 Å². The van der Waals surface area contributed by atoms with Gasteiger partial charge in [-0.15, -0.1) is 11.8 Å². The van der Waals surface area contributed by atoms with E-state index in [-0.39, 0.29) is 19.8 Å². The van der Waals surface area contributed by atoms with E-state index < -0.39 is 50.5 Å². The van der Waals surface area contributed by atoms with E-state index in [0.29, 0.717) is 0 Å². The van der Waals surface area contributed by atoms with E-state index >= 15 is 0 Å². The van der Waals surface area contributed by atoms with Crippen LogP contribution in [0.1, 0.15) is 31.9 Å². The van der Waals surface area contributed by atoms with Crippen molar-refractivity contribution in [3.63, 3.8) is 0 Å². The van der Waals surface area contributed by atoms with E-state index in [1.807, 2.05) is 62.4 Å². The van der Waals surface area contributed by atoms with E-state index in [1.54, 1.807) is 19.1 Å². The zero-order valence-corrected chi connectivity index (χ0v) is 23.6. The smallest absolute Gasteiger partial charge is 0.408 e. The summed E-state index contributed by atoms with van der Waals surface area (Å²) in [4.78, 5) is 53.8. The van der Waals surface area contributed by atoms with Crippen LogP contribution < -0.4 is 5.32 Å². The summed E-state index contributed by atoms with van der Waals surface area (Å²) in [5.74, 6) is -1.86. The van der Waals surface area contributed by atoms with Crippen molar-refractivity contribution in [3.05, 3.63) is 71.8 Å². The SMILES string of the molecule is CCOC(=O)C(NC(=O)OCc1ccccc1)C1(Br)C(=O)N2[C@@H](C(=O)OCc3ccccc3)C(C)(C)S[C@@H]21. The number of nitrogens with zero attached hydrogens (tertiary/aromatic N) is 1. The molecule has 2 aliphatic heterocycles. The molecule has 2 unspecified atom stereocenters. The normalized spacial score (nSPS) is 24.0. The zero-order chi connectivity index (χ0) is 27.5. The number of β-lactam (4-membered cyclic amide) rings is 1. The summed E-state index contributed by atoms with van der Waals surface area (Å²) in [6, 6.07) is 16.0. The summed E-state index contributed by atoms with van der Waals surface area (Å²) in [7, 11) is 0. The second-order valence-electron chi connectivity index (χ2n) is 9.44. The standard InChI is InChI=1S/C27H29BrN2O7S/c1-4-35-21(31)19(29-25(34)37-16-18-13-9-6-10-14-18)27(28)23(33)30-20(26(2,3)38-24(27)30)22(32)36-15-17-11-7-5-8-12-17/h5-14,19-20,24H,4,15-16H2,1-3H3,(H,29,34)/t19?,20-,24+,27?/m0/s1. The Bertz CT molecular complexity index is 1200. The number of alkyl carbamates (subject to hydrolysis) is 1. The van der Waals surface area contributed by atoms with Crippen molar-refractivity contribution >= 4 is 51.6 Å². The lowest BCUT2D eigenvalue weighted by Gasteiger charge is -2.52. The first kappa shape index (κ1) is 28.0. The van der Waals surface area contributed by atoms with Crippen LogP contribution in [-0.2, 0) is 41.8 Å². The minimum Gasteiger partial charge on any atom is -0.464 e. The highest BCUT2D eigenvalue weighted by atomic mass is 79.9. The molecule has 2 aromatic carbocycles. The summed E-state index contributed by atoms with van der Waals surface area (Å²) in [5, 5.41) is 1.87. The summed E-state index contributed by atoms with van der Waals surface area (Å²) < 4.78 is 13.8. The molecule has 2 heterocycles. The van der Waals surface area contributed by atoms with E-state index in [2.05, 4.69) is 21.2 Å². The topological polar surface area (TPSA) is 111 Å². The lowest BCUT2D eigenvalue weighted by molar-refractivity contribution is -0.168. The third-order valence-corrected chi connectivity index (χ3v) is 9.58. The van der Waals surface area contributed by atoms with E-state index in [0.717, 1.165) is 11.1 Å². The predicted molar refractivity (Wildman–Crippen MR) is 144 cm³/mol. The van der Waals surface area contributed by atoms with Gasteiger partial charge in [0.05, 0.1) is 6.61 Å². The van der Waals surface area contributed by atoms with Gasteiger partial charge in [0, 0.05) is 4.75 Å². The Hall–Kier alpha value is -3.05. The molecule has 2 amide bonds. The van der Waals surface area contributed by atoms with Gasteiger partial charge in [-0.25, -0.2) is 14.4 Å². The minimum atomic E-state index is -1.54. The summed E-state index contributed by atoms with van der Waals surface area (Å²) in [6.45, 7) is 5.42. The summed E-state index contributed by atoms with van der Waals surface area (Å²) >= 11 is 4.82. The molecule has 2 aliphatic rings. The number of fused-ring (bicyclic) bond motifs is 1. The van der Waals surface area contributed by atoms with Gasteiger partial charge >= 0.3 is 18.0 Å². The molecule has 38 heavy (non-hydrogen) atoms. The first-order valence-corrected chi connectivity index (χ1v) is 13.8. The van der Waals surface area contributed by atoms with Crippen molar-refractivity contribution in [2.75, 3.05) is 6.61 Å². The number of benzene rings is 2. The Kier molecular flexibility index (Phi) is 8.37. The Morgan fingerprint density at radius 2 is 1.53 bits per heavy atom. The van der Waals surface area contributed by atoms with Crippen LogP contribution in [-0.4, -0.2) is 62.0 Å². The molecule has 1 N–H and O–H groups in total. The number of amides is 2. The number of carbonyl (C=O) groups excluding carboxylic acids is 4. The number of hydrogen-bond donors (Lipinski definition) is 1. The molecule has 4 atom stereocenters. The van der Waals surface area contributed by atoms with Crippen LogP contribution in [0.3, 0.4) is 0 Å². The fourth-order valence-electron chi connectivity index (χ4n) is 4.54. The van der Waals surface area contributed by atoms with Crippen LogP contribution in [0.25, 0.3) is 0 Å². The molecular weight excluding hydrogens is 576 g/mol. The molecular formula is C27H29BrN2O7S. The predicted octanol–water partition coefficient (Wildman–Crippen LogP) is 3.78. The molecule has 0 saturated carbocycles. The molecule has 2 aromatic rings. The van der Waals surface area contributed by atoms with Crippen LogP contribution in [0, 0.1) is 0 Å². The van der Waals surface area contributed by atoms with Crippen molar-refractivity contribution in [3.8, 4) is 0 Å². The average molecular weight is 606 g/mol. The van der Waals surface area contributed by atoms with Crippen molar-refractivity contribution in [2.24, 2.45) is 0 Å². The van der Waals surface area contributed by atoms with Crippen LogP contribution in [0.5, 0.6) is 0 Å². The molecule has 4 rings (SSSR count). The maximum atomic E-state index is 13.6. The third-order valence-electron chi connectivity index (χ3n) is 6.39. The lowest BCUT2D eigenvalue weighted by Crippen LogP contribution is -2.78. The molecule has 0 aliphatic carbocycles. The minimum absolute atomic E-state index is 0.0158. The van der Waals surface area contributed by atoms with E-state index in [4.69, 9.17) is 14.2 Å². The van der Waals surface area contributed by atoms with Gasteiger partial charge in [0.25, 0.3) is 0 Å². The lowest BCUT2D eigenvalue weighted by atomic mass is 9.86. The highest BCUT2D eigenvalue weighted by molar-refractivity contribution is 9.10. The first-order valence-electron chi connectivity index (χ1n) is 12.1. The van der Waals surface area contributed by atoms with Crippen LogP contribution >= 0.6 is 27.7 Å². The van der Waals surface area contributed by atoms with Crippen molar-refractivity contribution < 1.29 is 33.4 Å². The largest absolute Gasteiger partial charge is 0.464 e. The summed E-state index contributed by atoms with van der Waals surface area (Å²) in [5.41, 5.74) is 1.59. The molecule has 0 spiro atoms. The molecule has 0 aromatic heterocycles. The van der Waals surface area contributed by atoms with Gasteiger partial charge in [0.2, 0.25) is 5.91 Å². The van der Waals surface area contributed by atoms with Crippen molar-refractivity contribution in [1.82, 2.24) is 10.2 Å². The molecule has 202 valence electrons. The number of alkyl halides is 1. The number of halogens is 1. The fraction of sp³-hybridized carbons (Fsp3) is 0.407. The van der Waals surface area contributed by atoms with Crippen LogP contribution in [0.2, 0.25) is 0 Å². The van der Waals surface area contributed by atoms with Gasteiger partial charge in [-0.1, -0.05) is 76.6 Å². The quantitative estimate of drug-likeness (QED) is 0.199. The Morgan fingerprint density at radius 1 is 0.974 bits per heavy atom. The molecule has 11 heteroatoms. The van der Waals surface area contributed by atoms with Gasteiger partial charge < -0.3 is 24.4 Å². The highest BCUT2D eigenvalue weighted by Gasteiger charge is 2.74. The molecule has 0 radical (unpaired) electrons. The third kappa shape index (κ3) is 5.40. The molecule has 0 bridgehead atoms.